The first kappa shape index (κ1) is 18.1. The molecule has 0 saturated heterocycles. The Kier molecular flexibility index (Phi) is 4.37. The first-order chi connectivity index (χ1) is 14.8. The first-order valence-corrected chi connectivity index (χ1v) is 13.4. The fraction of sp³-hybridized carbons (Fsp3) is 0.103. The Hall–Kier alpha value is -2.67. The van der Waals surface area contributed by atoms with Gasteiger partial charge in [-0.2, -0.15) is 0 Å². The van der Waals surface area contributed by atoms with Gasteiger partial charge in [0.05, 0.1) is 0 Å². The third kappa shape index (κ3) is 2.71. The zero-order chi connectivity index (χ0) is 20.1. The fourth-order valence-electron chi connectivity index (χ4n) is 5.39. The van der Waals surface area contributed by atoms with E-state index < -0.39 is 17.9 Å². The molecular weight excluding hydrogens is 396 g/mol. The summed E-state index contributed by atoms with van der Waals surface area (Å²) in [6.07, 6.45) is 4.31. The molecule has 0 aromatic heterocycles. The van der Waals surface area contributed by atoms with E-state index in [0.717, 1.165) is 17.6 Å². The monoisotopic (exact) mass is 419 g/mol. The van der Waals surface area contributed by atoms with Gasteiger partial charge < -0.3 is 0 Å². The predicted octanol–water partition coefficient (Wildman–Crippen LogP) is 6.00. The first-order valence-electron chi connectivity index (χ1n) is 10.7. The van der Waals surface area contributed by atoms with Crippen molar-refractivity contribution in [2.75, 3.05) is 0 Å². The molecule has 2 aliphatic rings. The van der Waals surface area contributed by atoms with Crippen molar-refractivity contribution in [2.24, 2.45) is 0 Å². The molecule has 0 unspecified atom stereocenters. The quantitative estimate of drug-likeness (QED) is 0.243. The molecule has 6 rings (SSSR count). The van der Waals surface area contributed by atoms with Crippen LogP contribution in [0.15, 0.2) is 97.6 Å². The predicted molar refractivity (Wildman–Crippen MR) is 124 cm³/mol. The van der Waals surface area contributed by atoms with E-state index in [-0.39, 0.29) is 0 Å². The molecule has 0 spiro atoms. The van der Waals surface area contributed by atoms with E-state index in [0.29, 0.717) is 0 Å². The topological polar surface area (TPSA) is 0 Å². The molecule has 0 radical (unpaired) electrons. The summed E-state index contributed by atoms with van der Waals surface area (Å²) in [4.78, 5) is 0. The van der Waals surface area contributed by atoms with Gasteiger partial charge in [0.15, 0.2) is 0 Å². The summed E-state index contributed by atoms with van der Waals surface area (Å²) in [6, 6.07) is 31.9. The van der Waals surface area contributed by atoms with E-state index in [1.54, 1.807) is 18.9 Å². The van der Waals surface area contributed by atoms with Crippen LogP contribution in [0.2, 0.25) is 4.73 Å². The zero-order valence-corrected chi connectivity index (χ0v) is 18.6. The van der Waals surface area contributed by atoms with E-state index in [1.165, 1.54) is 33.4 Å². The number of hydrogen-bond acceptors (Lipinski definition) is 0. The summed E-state index contributed by atoms with van der Waals surface area (Å²) in [5.41, 5.74) is 11.9. The Balaban J connectivity index is 1.52. The van der Waals surface area contributed by atoms with Gasteiger partial charge in [0.2, 0.25) is 0 Å². The molecule has 143 valence electrons. The van der Waals surface area contributed by atoms with Crippen molar-refractivity contribution in [3.63, 3.8) is 0 Å². The third-order valence-electron chi connectivity index (χ3n) is 6.70. The van der Waals surface area contributed by atoms with Crippen molar-refractivity contribution < 1.29 is 17.9 Å². The Labute approximate surface area is 184 Å². The van der Waals surface area contributed by atoms with Crippen LogP contribution < -0.4 is 7.74 Å². The van der Waals surface area contributed by atoms with Crippen molar-refractivity contribution in [3.8, 4) is 22.3 Å². The molecule has 0 heterocycles. The van der Waals surface area contributed by atoms with E-state index in [2.05, 4.69) is 97.6 Å². The molecule has 4 aromatic carbocycles. The molecule has 0 fully saturated rings. The van der Waals surface area contributed by atoms with Crippen LogP contribution in [0.25, 0.3) is 22.3 Å². The molecule has 0 bridgehead atoms. The summed E-state index contributed by atoms with van der Waals surface area (Å²) < 4.78 is 4.39. The second-order valence-electron chi connectivity index (χ2n) is 8.30. The van der Waals surface area contributed by atoms with E-state index in [9.17, 15) is 0 Å². The Morgan fingerprint density at radius 2 is 1.07 bits per heavy atom. The maximum absolute atomic E-state index is 4.16. The minimum atomic E-state index is -1.77. The molecule has 0 nitrogen and oxygen atoms in total. The second-order valence-corrected chi connectivity index (χ2v) is 12.1. The fourth-order valence-corrected chi connectivity index (χ4v) is 9.74. The summed E-state index contributed by atoms with van der Waals surface area (Å²) >= 11 is -1.77. The second kappa shape index (κ2) is 7.23. The van der Waals surface area contributed by atoms with Crippen molar-refractivity contribution in [2.45, 2.75) is 17.6 Å². The van der Waals surface area contributed by atoms with E-state index in [1.807, 2.05) is 0 Å². The number of rotatable bonds is 4. The van der Waals surface area contributed by atoms with Crippen LogP contribution in [0, 0.1) is 0 Å². The zero-order valence-electron chi connectivity index (χ0n) is 17.0. The van der Waals surface area contributed by atoms with Crippen LogP contribution in [-0.2, 0) is 30.7 Å². The standard InChI is InChI=1S/2C13H9.C3H5.Ti/c2*1-3-7-12-10(5-1)9-11-6-2-4-8-13(11)12;1-3-2;/h2*1-5,7-8H,9H2;3H,1-2H2;. The Morgan fingerprint density at radius 3 is 1.57 bits per heavy atom. The molecule has 2 aliphatic carbocycles. The molecule has 0 saturated carbocycles. The van der Waals surface area contributed by atoms with Crippen LogP contribution in [-0.4, -0.2) is 0 Å². The molecule has 0 N–H and O–H groups in total. The molecule has 0 amide bonds. The Bertz CT molecular complexity index is 1200. The van der Waals surface area contributed by atoms with Crippen molar-refractivity contribution in [1.82, 2.24) is 0 Å². The molecule has 4 aromatic rings. The van der Waals surface area contributed by atoms with Gasteiger partial charge >= 0.3 is 185 Å². The third-order valence-corrected chi connectivity index (χ3v) is 11.3. The van der Waals surface area contributed by atoms with Crippen molar-refractivity contribution >= 4 is 7.74 Å². The average Bonchev–Trinajstić information content (AvgIpc) is 3.36. The molecule has 0 atom stereocenters. The van der Waals surface area contributed by atoms with Gasteiger partial charge in [-0.25, -0.2) is 0 Å². The van der Waals surface area contributed by atoms with Crippen LogP contribution in [0.4, 0.5) is 0 Å². The van der Waals surface area contributed by atoms with Gasteiger partial charge in [0.1, 0.15) is 0 Å². The van der Waals surface area contributed by atoms with Gasteiger partial charge in [-0.15, -0.1) is 0 Å². The minimum absolute atomic E-state index is 1.07. The summed E-state index contributed by atoms with van der Waals surface area (Å²) in [6.45, 7) is 4.16. The van der Waals surface area contributed by atoms with Crippen molar-refractivity contribution in [3.05, 3.63) is 120 Å². The van der Waals surface area contributed by atoms with Crippen LogP contribution >= 0.6 is 0 Å². The molecule has 0 aliphatic heterocycles. The summed E-state index contributed by atoms with van der Waals surface area (Å²) in [7, 11) is 0. The van der Waals surface area contributed by atoms with Gasteiger partial charge in [0, 0.05) is 0 Å². The maximum atomic E-state index is 4.16. The number of fused-ring (bicyclic) bond motifs is 6. The number of hydrogen-bond donors (Lipinski definition) is 0. The summed E-state index contributed by atoms with van der Waals surface area (Å²) in [5, 5.41) is 0. The summed E-state index contributed by atoms with van der Waals surface area (Å²) in [5.74, 6) is 0. The molecule has 1 heteroatoms. The van der Waals surface area contributed by atoms with Crippen LogP contribution in [0.5, 0.6) is 0 Å². The van der Waals surface area contributed by atoms with Crippen LogP contribution in [0.1, 0.15) is 22.3 Å². The normalized spacial score (nSPS) is 12.7. The van der Waals surface area contributed by atoms with Gasteiger partial charge in [-0.1, -0.05) is 0 Å². The van der Waals surface area contributed by atoms with Gasteiger partial charge in [-0.05, 0) is 0 Å². The Morgan fingerprint density at radius 1 is 0.600 bits per heavy atom. The van der Waals surface area contributed by atoms with E-state index in [4.69, 9.17) is 0 Å². The van der Waals surface area contributed by atoms with Crippen LogP contribution in [0.3, 0.4) is 0 Å². The van der Waals surface area contributed by atoms with Gasteiger partial charge in [-0.3, -0.25) is 0 Å². The average molecular weight is 419 g/mol. The SMILES string of the molecule is C=C[CH2][Ti]([c]1cccc2c1Cc1ccccc1-2)[c]1cccc2c1Cc1ccccc1-2. The molecule has 30 heavy (non-hydrogen) atoms. The van der Waals surface area contributed by atoms with E-state index >= 15 is 0 Å². The molecular formula is C29H23Ti. The number of allylic oxidation sites excluding steroid dienone is 1. The van der Waals surface area contributed by atoms with Gasteiger partial charge in [0.25, 0.3) is 0 Å². The number of benzene rings is 4. The van der Waals surface area contributed by atoms with Crippen molar-refractivity contribution in [1.29, 1.82) is 0 Å².